The summed E-state index contributed by atoms with van der Waals surface area (Å²) < 4.78 is 56.8. The summed E-state index contributed by atoms with van der Waals surface area (Å²) in [7, 11) is 0. The van der Waals surface area contributed by atoms with E-state index in [-0.39, 0.29) is 40.1 Å². The molecule has 2 N–H and O–H groups in total. The van der Waals surface area contributed by atoms with Gasteiger partial charge in [-0.25, -0.2) is 13.2 Å². The molecule has 1 aliphatic heterocycles. The van der Waals surface area contributed by atoms with E-state index in [1.165, 1.54) is 19.2 Å². The first kappa shape index (κ1) is 26.8. The topological polar surface area (TPSA) is 103 Å². The predicted molar refractivity (Wildman–Crippen MR) is 127 cm³/mol. The van der Waals surface area contributed by atoms with Crippen molar-refractivity contribution in [3.63, 3.8) is 0 Å². The minimum absolute atomic E-state index is 0.00382. The lowest BCUT2D eigenvalue weighted by Gasteiger charge is -2.40. The SMILES string of the molecule is C[C@@H](NC(=O)C1(NC(=O)c2ccno2)COC1)c1c(F)c(OCC(F)F)c(-c2ccccc2)c(Cl)c1Cl. The van der Waals surface area contributed by atoms with Crippen molar-refractivity contribution in [3.05, 3.63) is 69.8 Å². The van der Waals surface area contributed by atoms with Crippen LogP contribution in [0.15, 0.2) is 47.1 Å². The minimum Gasteiger partial charge on any atom is -0.484 e. The molecule has 2 aromatic carbocycles. The van der Waals surface area contributed by atoms with Crippen LogP contribution >= 0.6 is 23.2 Å². The summed E-state index contributed by atoms with van der Waals surface area (Å²) in [6.45, 7) is 0.0162. The van der Waals surface area contributed by atoms with Crippen LogP contribution in [-0.4, -0.2) is 48.8 Å². The van der Waals surface area contributed by atoms with Crippen LogP contribution in [-0.2, 0) is 9.53 Å². The Hall–Kier alpha value is -3.28. The van der Waals surface area contributed by atoms with E-state index in [1.54, 1.807) is 30.3 Å². The number of benzene rings is 2. The fourth-order valence-electron chi connectivity index (χ4n) is 3.77. The van der Waals surface area contributed by atoms with E-state index in [9.17, 15) is 18.4 Å². The number of hydrogen-bond acceptors (Lipinski definition) is 6. The van der Waals surface area contributed by atoms with E-state index >= 15 is 4.39 Å². The summed E-state index contributed by atoms with van der Waals surface area (Å²) in [5.74, 6) is -3.12. The Morgan fingerprint density at radius 1 is 1.16 bits per heavy atom. The van der Waals surface area contributed by atoms with Gasteiger partial charge in [0.25, 0.3) is 18.2 Å². The zero-order valence-corrected chi connectivity index (χ0v) is 20.7. The normalized spacial score (nSPS) is 15.1. The van der Waals surface area contributed by atoms with Gasteiger partial charge in [-0.05, 0) is 12.5 Å². The average Bonchev–Trinajstić information content (AvgIpc) is 3.38. The molecule has 4 rings (SSSR count). The lowest BCUT2D eigenvalue weighted by molar-refractivity contribution is -0.147. The third-order valence-electron chi connectivity index (χ3n) is 5.65. The third-order valence-corrected chi connectivity index (χ3v) is 6.52. The average molecular weight is 558 g/mol. The molecule has 37 heavy (non-hydrogen) atoms. The molecule has 0 aliphatic carbocycles. The van der Waals surface area contributed by atoms with Gasteiger partial charge in [-0.15, -0.1) is 0 Å². The van der Waals surface area contributed by atoms with Crippen LogP contribution in [0.4, 0.5) is 13.2 Å². The van der Waals surface area contributed by atoms with Gasteiger partial charge >= 0.3 is 0 Å². The molecular formula is C24H20Cl2F3N3O5. The fourth-order valence-corrected chi connectivity index (χ4v) is 4.40. The van der Waals surface area contributed by atoms with Crippen LogP contribution in [0.5, 0.6) is 5.75 Å². The van der Waals surface area contributed by atoms with Crippen molar-refractivity contribution in [1.82, 2.24) is 15.8 Å². The Morgan fingerprint density at radius 3 is 2.43 bits per heavy atom. The fraction of sp³-hybridized carbons (Fsp3) is 0.292. The van der Waals surface area contributed by atoms with Crippen molar-refractivity contribution in [3.8, 4) is 16.9 Å². The first-order valence-corrected chi connectivity index (χ1v) is 11.7. The number of aromatic nitrogens is 1. The van der Waals surface area contributed by atoms with E-state index in [0.717, 1.165) is 0 Å². The molecule has 1 saturated heterocycles. The van der Waals surface area contributed by atoms with E-state index < -0.39 is 48.0 Å². The summed E-state index contributed by atoms with van der Waals surface area (Å²) >= 11 is 12.9. The summed E-state index contributed by atoms with van der Waals surface area (Å²) in [4.78, 5) is 25.6. The highest BCUT2D eigenvalue weighted by Gasteiger charge is 2.48. The van der Waals surface area contributed by atoms with E-state index in [2.05, 4.69) is 15.8 Å². The van der Waals surface area contributed by atoms with Crippen LogP contribution in [0.2, 0.25) is 10.0 Å². The molecule has 1 fully saturated rings. The number of nitrogens with one attached hydrogen (secondary N) is 2. The molecule has 2 heterocycles. The maximum absolute atomic E-state index is 15.8. The molecule has 3 aromatic rings. The van der Waals surface area contributed by atoms with Crippen LogP contribution < -0.4 is 15.4 Å². The second-order valence-corrected chi connectivity index (χ2v) is 8.98. The summed E-state index contributed by atoms with van der Waals surface area (Å²) in [5.41, 5.74) is -1.36. The van der Waals surface area contributed by atoms with Crippen LogP contribution in [0, 0.1) is 5.82 Å². The van der Waals surface area contributed by atoms with Crippen molar-refractivity contribution in [2.24, 2.45) is 0 Å². The van der Waals surface area contributed by atoms with Gasteiger partial charge in [-0.1, -0.05) is 58.7 Å². The van der Waals surface area contributed by atoms with Gasteiger partial charge in [0.05, 0.1) is 35.5 Å². The second kappa shape index (κ2) is 11.0. The number of carbonyl (C=O) groups excluding carboxylic acids is 2. The van der Waals surface area contributed by atoms with Crippen molar-refractivity contribution < 1.29 is 36.8 Å². The number of alkyl halides is 2. The van der Waals surface area contributed by atoms with Gasteiger partial charge in [-0.3, -0.25) is 9.59 Å². The summed E-state index contributed by atoms with van der Waals surface area (Å²) in [5, 5.41) is 8.18. The molecule has 196 valence electrons. The standard InChI is InChI=1S/C24H20Cl2F3N3O5/c1-12(31-23(34)24(10-35-11-24)32-22(33)14-7-8-30-37-14)16-18(25)19(26)17(13-5-3-2-4-6-13)21(20(16)29)36-9-15(27)28/h2-8,12,15H,9-11H2,1H3,(H,31,34)(H,32,33)/t12-/m1/s1. The molecular weight excluding hydrogens is 538 g/mol. The van der Waals surface area contributed by atoms with E-state index in [1.807, 2.05) is 0 Å². The molecule has 1 aliphatic rings. The first-order valence-electron chi connectivity index (χ1n) is 10.9. The number of amides is 2. The van der Waals surface area contributed by atoms with Crippen LogP contribution in [0.1, 0.15) is 29.1 Å². The van der Waals surface area contributed by atoms with Gasteiger partial charge in [0, 0.05) is 17.2 Å². The van der Waals surface area contributed by atoms with Gasteiger partial charge in [0.2, 0.25) is 5.76 Å². The number of carbonyl (C=O) groups is 2. The maximum Gasteiger partial charge on any atom is 0.290 e. The Morgan fingerprint density at radius 2 is 1.86 bits per heavy atom. The number of ether oxygens (including phenoxy) is 2. The van der Waals surface area contributed by atoms with E-state index in [0.29, 0.717) is 5.56 Å². The van der Waals surface area contributed by atoms with Crippen LogP contribution in [0.25, 0.3) is 11.1 Å². The highest BCUT2D eigenvalue weighted by atomic mass is 35.5. The zero-order valence-electron chi connectivity index (χ0n) is 19.2. The largest absolute Gasteiger partial charge is 0.484 e. The Kier molecular flexibility index (Phi) is 7.96. The lowest BCUT2D eigenvalue weighted by Crippen LogP contribution is -2.70. The molecule has 13 heteroatoms. The van der Waals surface area contributed by atoms with Gasteiger partial charge in [0.1, 0.15) is 6.61 Å². The van der Waals surface area contributed by atoms with Gasteiger partial charge in [0.15, 0.2) is 17.1 Å². The van der Waals surface area contributed by atoms with Crippen molar-refractivity contribution >= 4 is 35.0 Å². The third kappa shape index (κ3) is 5.39. The minimum atomic E-state index is -2.88. The highest BCUT2D eigenvalue weighted by Crippen LogP contribution is 2.47. The molecule has 2 amide bonds. The quantitative estimate of drug-likeness (QED) is 0.366. The molecule has 0 radical (unpaired) electrons. The number of nitrogens with zero attached hydrogens (tertiary/aromatic N) is 1. The second-order valence-electron chi connectivity index (χ2n) is 8.23. The maximum atomic E-state index is 15.8. The van der Waals surface area contributed by atoms with Crippen molar-refractivity contribution in [2.75, 3.05) is 19.8 Å². The smallest absolute Gasteiger partial charge is 0.290 e. The molecule has 1 atom stereocenters. The van der Waals surface area contributed by atoms with Crippen LogP contribution in [0.3, 0.4) is 0 Å². The Bertz CT molecular complexity index is 1290. The Balaban J connectivity index is 1.66. The Labute approximate surface area is 219 Å². The number of halogens is 5. The van der Waals surface area contributed by atoms with Gasteiger partial charge in [-0.2, -0.15) is 0 Å². The van der Waals surface area contributed by atoms with Gasteiger partial charge < -0.3 is 24.6 Å². The summed E-state index contributed by atoms with van der Waals surface area (Å²) in [6, 6.07) is 8.40. The molecule has 0 spiro atoms. The predicted octanol–water partition coefficient (Wildman–Crippen LogP) is 4.81. The molecule has 0 bridgehead atoms. The number of hydrogen-bond donors (Lipinski definition) is 2. The molecule has 8 nitrogen and oxygen atoms in total. The zero-order chi connectivity index (χ0) is 26.7. The molecule has 0 unspecified atom stereocenters. The molecule has 0 saturated carbocycles. The monoisotopic (exact) mass is 557 g/mol. The highest BCUT2D eigenvalue weighted by molar-refractivity contribution is 6.44. The van der Waals surface area contributed by atoms with E-state index in [4.69, 9.17) is 37.2 Å². The first-order chi connectivity index (χ1) is 17.6. The van der Waals surface area contributed by atoms with Crippen molar-refractivity contribution in [2.45, 2.75) is 24.9 Å². The lowest BCUT2D eigenvalue weighted by atomic mass is 9.94. The van der Waals surface area contributed by atoms with Crippen molar-refractivity contribution in [1.29, 1.82) is 0 Å². The summed E-state index contributed by atoms with van der Waals surface area (Å²) in [6.07, 6.45) is -1.62. The molecule has 1 aromatic heterocycles. The number of rotatable bonds is 9.